The van der Waals surface area contributed by atoms with Gasteiger partial charge in [-0.25, -0.2) is 4.98 Å². The van der Waals surface area contributed by atoms with Crippen LogP contribution in [0.15, 0.2) is 30.3 Å². The fourth-order valence-corrected chi connectivity index (χ4v) is 2.78. The van der Waals surface area contributed by atoms with Gasteiger partial charge in [-0.1, -0.05) is 12.1 Å². The SMILES string of the molecule is COCCNc1cc(C)nc(Nc2ccccc2N2CCOCC2)n1. The highest BCUT2D eigenvalue weighted by molar-refractivity contribution is 5.73. The minimum absolute atomic E-state index is 0.584. The Hall–Kier alpha value is -2.38. The third-order valence-corrected chi connectivity index (χ3v) is 3.97. The summed E-state index contributed by atoms with van der Waals surface area (Å²) in [4.78, 5) is 11.4. The minimum atomic E-state index is 0.584. The van der Waals surface area contributed by atoms with Crippen molar-refractivity contribution in [2.75, 3.05) is 62.1 Å². The van der Waals surface area contributed by atoms with E-state index in [1.807, 2.05) is 25.1 Å². The molecule has 0 saturated carbocycles. The molecule has 0 aliphatic carbocycles. The van der Waals surface area contributed by atoms with Gasteiger partial charge in [-0.2, -0.15) is 4.98 Å². The number of hydrogen-bond donors (Lipinski definition) is 2. The van der Waals surface area contributed by atoms with E-state index in [9.17, 15) is 0 Å². The summed E-state index contributed by atoms with van der Waals surface area (Å²) >= 11 is 0. The van der Waals surface area contributed by atoms with Crippen LogP contribution < -0.4 is 15.5 Å². The maximum atomic E-state index is 5.45. The standard InChI is InChI=1S/C18H25N5O2/c1-14-13-17(19-7-10-24-2)22-18(20-14)21-15-5-3-4-6-16(15)23-8-11-25-12-9-23/h3-6,13H,7-12H2,1-2H3,(H2,19,20,21,22). The maximum Gasteiger partial charge on any atom is 0.229 e. The van der Waals surface area contributed by atoms with Crippen molar-refractivity contribution in [3.8, 4) is 0 Å². The van der Waals surface area contributed by atoms with Crippen molar-refractivity contribution >= 4 is 23.1 Å². The maximum absolute atomic E-state index is 5.45. The molecular weight excluding hydrogens is 318 g/mol. The third-order valence-electron chi connectivity index (χ3n) is 3.97. The quantitative estimate of drug-likeness (QED) is 0.748. The normalized spacial score (nSPS) is 14.4. The average Bonchev–Trinajstić information content (AvgIpc) is 2.63. The van der Waals surface area contributed by atoms with Crippen molar-refractivity contribution in [2.24, 2.45) is 0 Å². The van der Waals surface area contributed by atoms with Gasteiger partial charge in [0.2, 0.25) is 5.95 Å². The van der Waals surface area contributed by atoms with Gasteiger partial charge >= 0.3 is 0 Å². The van der Waals surface area contributed by atoms with Crippen molar-refractivity contribution in [1.29, 1.82) is 0 Å². The number of rotatable bonds is 7. The van der Waals surface area contributed by atoms with Crippen LogP contribution in [0.2, 0.25) is 0 Å². The summed E-state index contributed by atoms with van der Waals surface area (Å²) in [5.41, 5.74) is 3.05. The first kappa shape index (κ1) is 17.4. The second-order valence-electron chi connectivity index (χ2n) is 5.88. The van der Waals surface area contributed by atoms with Crippen LogP contribution in [-0.4, -0.2) is 56.5 Å². The highest BCUT2D eigenvalue weighted by Gasteiger charge is 2.15. The number of ether oxygens (including phenoxy) is 2. The van der Waals surface area contributed by atoms with Crippen molar-refractivity contribution in [2.45, 2.75) is 6.92 Å². The summed E-state index contributed by atoms with van der Waals surface area (Å²) < 4.78 is 10.5. The van der Waals surface area contributed by atoms with E-state index >= 15 is 0 Å². The molecule has 2 N–H and O–H groups in total. The smallest absolute Gasteiger partial charge is 0.229 e. The lowest BCUT2D eigenvalue weighted by atomic mass is 10.2. The van der Waals surface area contributed by atoms with E-state index in [2.05, 4.69) is 37.6 Å². The fourth-order valence-electron chi connectivity index (χ4n) is 2.78. The first-order valence-corrected chi connectivity index (χ1v) is 8.53. The molecule has 0 amide bonds. The van der Waals surface area contributed by atoms with E-state index in [1.54, 1.807) is 7.11 Å². The second kappa shape index (κ2) is 8.64. The van der Waals surface area contributed by atoms with Crippen LogP contribution in [-0.2, 0) is 9.47 Å². The zero-order valence-corrected chi connectivity index (χ0v) is 14.8. The van der Waals surface area contributed by atoms with E-state index in [0.717, 1.165) is 49.2 Å². The number of para-hydroxylation sites is 2. The predicted molar refractivity (Wildman–Crippen MR) is 99.9 cm³/mol. The van der Waals surface area contributed by atoms with E-state index < -0.39 is 0 Å². The number of anilines is 4. The molecule has 0 radical (unpaired) electrons. The summed E-state index contributed by atoms with van der Waals surface area (Å²) in [6.45, 7) is 6.57. The zero-order chi connectivity index (χ0) is 17.5. The van der Waals surface area contributed by atoms with E-state index in [1.165, 1.54) is 0 Å². The highest BCUT2D eigenvalue weighted by atomic mass is 16.5. The number of nitrogens with one attached hydrogen (secondary N) is 2. The largest absolute Gasteiger partial charge is 0.383 e. The lowest BCUT2D eigenvalue weighted by molar-refractivity contribution is 0.123. The molecule has 134 valence electrons. The number of aryl methyl sites for hydroxylation is 1. The number of aromatic nitrogens is 2. The molecule has 0 unspecified atom stereocenters. The van der Waals surface area contributed by atoms with Crippen molar-refractivity contribution in [3.05, 3.63) is 36.0 Å². The molecule has 1 aromatic heterocycles. The average molecular weight is 343 g/mol. The monoisotopic (exact) mass is 343 g/mol. The molecule has 2 aromatic rings. The van der Waals surface area contributed by atoms with Crippen LogP contribution in [0.3, 0.4) is 0 Å². The third kappa shape index (κ3) is 4.80. The second-order valence-corrected chi connectivity index (χ2v) is 5.88. The van der Waals surface area contributed by atoms with Crippen LogP contribution >= 0.6 is 0 Å². The predicted octanol–water partition coefficient (Wildman–Crippen LogP) is 2.42. The number of nitrogens with zero attached hydrogens (tertiary/aromatic N) is 3. The van der Waals surface area contributed by atoms with Crippen LogP contribution in [0.25, 0.3) is 0 Å². The number of benzene rings is 1. The lowest BCUT2D eigenvalue weighted by Crippen LogP contribution is -2.36. The fraction of sp³-hybridized carbons (Fsp3) is 0.444. The highest BCUT2D eigenvalue weighted by Crippen LogP contribution is 2.28. The molecule has 1 fully saturated rings. The van der Waals surface area contributed by atoms with Gasteiger partial charge in [-0.15, -0.1) is 0 Å². The van der Waals surface area contributed by atoms with Gasteiger partial charge in [-0.05, 0) is 19.1 Å². The number of methoxy groups -OCH3 is 1. The molecule has 1 aromatic carbocycles. The van der Waals surface area contributed by atoms with Gasteiger partial charge in [-0.3, -0.25) is 0 Å². The molecule has 2 heterocycles. The molecule has 0 bridgehead atoms. The molecule has 0 spiro atoms. The molecule has 7 heteroatoms. The van der Waals surface area contributed by atoms with Gasteiger partial charge in [0.15, 0.2) is 0 Å². The molecule has 1 saturated heterocycles. The Labute approximate surface area is 148 Å². The van der Waals surface area contributed by atoms with Crippen molar-refractivity contribution < 1.29 is 9.47 Å². The Morgan fingerprint density at radius 3 is 2.80 bits per heavy atom. The minimum Gasteiger partial charge on any atom is -0.383 e. The topological polar surface area (TPSA) is 71.5 Å². The summed E-state index contributed by atoms with van der Waals surface area (Å²) in [7, 11) is 1.68. The van der Waals surface area contributed by atoms with E-state index in [0.29, 0.717) is 19.1 Å². The van der Waals surface area contributed by atoms with Gasteiger partial charge in [0.25, 0.3) is 0 Å². The molecule has 0 atom stereocenters. The van der Waals surface area contributed by atoms with E-state index in [-0.39, 0.29) is 0 Å². The summed E-state index contributed by atoms with van der Waals surface area (Å²) in [6, 6.07) is 10.1. The molecule has 1 aliphatic heterocycles. The van der Waals surface area contributed by atoms with Crippen LogP contribution in [0.5, 0.6) is 0 Å². The Bertz CT molecular complexity index is 689. The van der Waals surface area contributed by atoms with Gasteiger partial charge in [0, 0.05) is 38.5 Å². The Balaban J connectivity index is 1.78. The Morgan fingerprint density at radius 2 is 2.00 bits per heavy atom. The summed E-state index contributed by atoms with van der Waals surface area (Å²) in [5.74, 6) is 1.37. The van der Waals surface area contributed by atoms with Crippen LogP contribution in [0, 0.1) is 6.92 Å². The van der Waals surface area contributed by atoms with Gasteiger partial charge in [0.05, 0.1) is 31.2 Å². The Kier molecular flexibility index (Phi) is 6.03. The lowest BCUT2D eigenvalue weighted by Gasteiger charge is -2.30. The number of hydrogen-bond acceptors (Lipinski definition) is 7. The van der Waals surface area contributed by atoms with Gasteiger partial charge in [0.1, 0.15) is 5.82 Å². The van der Waals surface area contributed by atoms with Crippen molar-refractivity contribution in [1.82, 2.24) is 9.97 Å². The first-order valence-electron chi connectivity index (χ1n) is 8.53. The molecular formula is C18H25N5O2. The van der Waals surface area contributed by atoms with Crippen molar-refractivity contribution in [3.63, 3.8) is 0 Å². The molecule has 3 rings (SSSR count). The van der Waals surface area contributed by atoms with Crippen LogP contribution in [0.1, 0.15) is 5.69 Å². The molecule has 25 heavy (non-hydrogen) atoms. The summed E-state index contributed by atoms with van der Waals surface area (Å²) in [5, 5.41) is 6.61. The zero-order valence-electron chi connectivity index (χ0n) is 14.8. The molecule has 1 aliphatic rings. The van der Waals surface area contributed by atoms with E-state index in [4.69, 9.17) is 9.47 Å². The van der Waals surface area contributed by atoms with Gasteiger partial charge < -0.3 is 25.0 Å². The summed E-state index contributed by atoms with van der Waals surface area (Å²) in [6.07, 6.45) is 0. The number of morpholine rings is 1. The molecule has 7 nitrogen and oxygen atoms in total. The van der Waals surface area contributed by atoms with Crippen LogP contribution in [0.4, 0.5) is 23.1 Å². The first-order chi connectivity index (χ1) is 12.3. The Morgan fingerprint density at radius 1 is 1.20 bits per heavy atom.